The van der Waals surface area contributed by atoms with Crippen LogP contribution < -0.4 is 5.32 Å². The zero-order chi connectivity index (χ0) is 12.9. The lowest BCUT2D eigenvalue weighted by molar-refractivity contribution is -0.135. The average molecular weight is 330 g/mol. The molecule has 0 fully saturated rings. The Morgan fingerprint density at radius 2 is 2.18 bits per heavy atom. The highest BCUT2D eigenvalue weighted by Gasteiger charge is 2.27. The Kier molecular flexibility index (Phi) is 5.95. The normalized spacial score (nSPS) is 13.9. The van der Waals surface area contributed by atoms with Crippen LogP contribution in [0.2, 0.25) is 0 Å². The van der Waals surface area contributed by atoms with Gasteiger partial charge in [0.1, 0.15) is 0 Å². The van der Waals surface area contributed by atoms with Crippen molar-refractivity contribution in [1.82, 2.24) is 5.32 Å². The fourth-order valence-corrected chi connectivity index (χ4v) is 3.39. The Bertz CT molecular complexity index is 338. The molecule has 0 aliphatic rings. The zero-order valence-electron chi connectivity index (χ0n) is 9.48. The molecule has 1 aromatic rings. The first-order valence-electron chi connectivity index (χ1n) is 5.47. The zero-order valence-corrected chi connectivity index (χ0v) is 11.9. The number of alkyl halides is 3. The van der Waals surface area contributed by atoms with E-state index in [0.717, 1.165) is 15.9 Å². The topological polar surface area (TPSA) is 12.0 Å². The van der Waals surface area contributed by atoms with Crippen LogP contribution >= 0.6 is 27.3 Å². The molecule has 0 amide bonds. The van der Waals surface area contributed by atoms with Crippen molar-refractivity contribution < 1.29 is 13.2 Å². The molecule has 1 heterocycles. The van der Waals surface area contributed by atoms with Crippen LogP contribution in [0.4, 0.5) is 13.2 Å². The van der Waals surface area contributed by atoms with Gasteiger partial charge in [-0.1, -0.05) is 6.92 Å². The number of rotatable bonds is 6. The molecule has 0 aliphatic carbocycles. The van der Waals surface area contributed by atoms with E-state index < -0.39 is 12.6 Å². The Balaban J connectivity index is 2.53. The minimum atomic E-state index is -4.05. The van der Waals surface area contributed by atoms with Gasteiger partial charge in [0.05, 0.1) is 0 Å². The van der Waals surface area contributed by atoms with Crippen LogP contribution in [0.3, 0.4) is 0 Å². The molecule has 0 radical (unpaired) electrons. The lowest BCUT2D eigenvalue weighted by atomic mass is 10.1. The smallest absolute Gasteiger partial charge is 0.309 e. The van der Waals surface area contributed by atoms with Crippen molar-refractivity contribution >= 4 is 27.3 Å². The van der Waals surface area contributed by atoms with Crippen molar-refractivity contribution in [3.05, 3.63) is 20.8 Å². The van der Waals surface area contributed by atoms with Gasteiger partial charge in [-0.2, -0.15) is 13.2 Å². The average Bonchev–Trinajstić information content (AvgIpc) is 2.61. The third kappa shape index (κ3) is 5.40. The standard InChI is InChI=1S/C11H15BrF3NS/c1-2-16-9(4-3-6-11(13,14)15)10-8(12)5-7-17-10/h5,7,9,16H,2-4,6H2,1H3. The van der Waals surface area contributed by atoms with Gasteiger partial charge in [-0.05, 0) is 46.8 Å². The van der Waals surface area contributed by atoms with E-state index >= 15 is 0 Å². The lowest BCUT2D eigenvalue weighted by Gasteiger charge is -2.17. The van der Waals surface area contributed by atoms with Crippen molar-refractivity contribution in [3.8, 4) is 0 Å². The van der Waals surface area contributed by atoms with Gasteiger partial charge in [0.25, 0.3) is 0 Å². The first-order chi connectivity index (χ1) is 7.94. The predicted octanol–water partition coefficient (Wildman–Crippen LogP) is 4.89. The van der Waals surface area contributed by atoms with Crippen LogP contribution in [0.5, 0.6) is 0 Å². The summed E-state index contributed by atoms with van der Waals surface area (Å²) >= 11 is 4.98. The van der Waals surface area contributed by atoms with Crippen LogP contribution in [0, 0.1) is 0 Å². The van der Waals surface area contributed by atoms with Gasteiger partial charge in [-0.15, -0.1) is 11.3 Å². The number of halogens is 4. The van der Waals surface area contributed by atoms with Gasteiger partial charge in [-0.3, -0.25) is 0 Å². The summed E-state index contributed by atoms with van der Waals surface area (Å²) in [5.41, 5.74) is 0. The van der Waals surface area contributed by atoms with Crippen LogP contribution in [0.1, 0.15) is 37.1 Å². The highest BCUT2D eigenvalue weighted by molar-refractivity contribution is 9.10. The third-order valence-electron chi connectivity index (χ3n) is 2.36. The summed E-state index contributed by atoms with van der Waals surface area (Å²) in [6, 6.07) is 1.94. The van der Waals surface area contributed by atoms with E-state index in [1.165, 1.54) is 0 Å². The molecule has 1 atom stereocenters. The van der Waals surface area contributed by atoms with Crippen molar-refractivity contribution in [1.29, 1.82) is 0 Å². The fourth-order valence-electron chi connectivity index (χ4n) is 1.63. The Labute approximate surface area is 112 Å². The van der Waals surface area contributed by atoms with Crippen molar-refractivity contribution in [2.75, 3.05) is 6.54 Å². The van der Waals surface area contributed by atoms with E-state index in [1.807, 2.05) is 18.4 Å². The molecule has 0 aliphatic heterocycles. The summed E-state index contributed by atoms with van der Waals surface area (Å²) < 4.78 is 37.2. The number of hydrogen-bond acceptors (Lipinski definition) is 2. The highest BCUT2D eigenvalue weighted by atomic mass is 79.9. The maximum Gasteiger partial charge on any atom is 0.389 e. The van der Waals surface area contributed by atoms with Crippen molar-refractivity contribution in [2.24, 2.45) is 0 Å². The quantitative estimate of drug-likeness (QED) is 0.783. The Morgan fingerprint density at radius 1 is 1.47 bits per heavy atom. The summed E-state index contributed by atoms with van der Waals surface area (Å²) in [5, 5.41) is 5.16. The summed E-state index contributed by atoms with van der Waals surface area (Å²) in [5.74, 6) is 0. The van der Waals surface area contributed by atoms with Crippen molar-refractivity contribution in [2.45, 2.75) is 38.4 Å². The summed E-state index contributed by atoms with van der Waals surface area (Å²) in [7, 11) is 0. The molecule has 1 rings (SSSR count). The van der Waals surface area contributed by atoms with E-state index in [0.29, 0.717) is 6.42 Å². The second-order valence-corrected chi connectivity index (χ2v) is 5.55. The van der Waals surface area contributed by atoms with Crippen molar-refractivity contribution in [3.63, 3.8) is 0 Å². The predicted molar refractivity (Wildman–Crippen MR) is 68.3 cm³/mol. The molecule has 1 aromatic heterocycles. The molecular formula is C11H15BrF3NS. The molecular weight excluding hydrogens is 315 g/mol. The summed E-state index contributed by atoms with van der Waals surface area (Å²) in [4.78, 5) is 1.08. The molecule has 0 spiro atoms. The number of hydrogen-bond donors (Lipinski definition) is 1. The minimum absolute atomic E-state index is 0.0109. The second-order valence-electron chi connectivity index (χ2n) is 3.75. The molecule has 98 valence electrons. The Hall–Kier alpha value is -0.0700. The molecule has 0 saturated heterocycles. The van der Waals surface area contributed by atoms with Gasteiger partial charge in [0.15, 0.2) is 0 Å². The van der Waals surface area contributed by atoms with E-state index in [9.17, 15) is 13.2 Å². The minimum Gasteiger partial charge on any atom is -0.309 e. The fraction of sp³-hybridized carbons (Fsp3) is 0.636. The largest absolute Gasteiger partial charge is 0.389 e. The maximum absolute atomic E-state index is 12.1. The summed E-state index contributed by atoms with van der Waals surface area (Å²) in [6.45, 7) is 2.71. The van der Waals surface area contributed by atoms with Gasteiger partial charge < -0.3 is 5.32 Å². The molecule has 1 N–H and O–H groups in total. The van der Waals surface area contributed by atoms with E-state index in [1.54, 1.807) is 11.3 Å². The molecule has 0 saturated carbocycles. The van der Waals surface area contributed by atoms with Gasteiger partial charge in [0.2, 0.25) is 0 Å². The monoisotopic (exact) mass is 329 g/mol. The SMILES string of the molecule is CCNC(CCCC(F)(F)F)c1sccc1Br. The molecule has 0 bridgehead atoms. The van der Waals surface area contributed by atoms with Crippen LogP contribution in [0.15, 0.2) is 15.9 Å². The van der Waals surface area contributed by atoms with E-state index in [4.69, 9.17) is 0 Å². The van der Waals surface area contributed by atoms with E-state index in [-0.39, 0.29) is 12.5 Å². The lowest BCUT2D eigenvalue weighted by Crippen LogP contribution is -2.21. The van der Waals surface area contributed by atoms with Gasteiger partial charge in [0, 0.05) is 21.8 Å². The second kappa shape index (κ2) is 6.75. The third-order valence-corrected chi connectivity index (χ3v) is 4.35. The highest BCUT2D eigenvalue weighted by Crippen LogP contribution is 2.33. The molecule has 1 unspecified atom stereocenters. The van der Waals surface area contributed by atoms with Crippen LogP contribution in [-0.2, 0) is 0 Å². The Morgan fingerprint density at radius 3 is 2.65 bits per heavy atom. The maximum atomic E-state index is 12.1. The first-order valence-corrected chi connectivity index (χ1v) is 7.14. The number of thiophene rings is 1. The van der Waals surface area contributed by atoms with E-state index in [2.05, 4.69) is 21.2 Å². The molecule has 0 aromatic carbocycles. The van der Waals surface area contributed by atoms with Crippen LogP contribution in [0.25, 0.3) is 0 Å². The first kappa shape index (κ1) is 15.0. The van der Waals surface area contributed by atoms with Gasteiger partial charge in [-0.25, -0.2) is 0 Å². The van der Waals surface area contributed by atoms with Gasteiger partial charge >= 0.3 is 6.18 Å². The van der Waals surface area contributed by atoms with Crippen LogP contribution in [-0.4, -0.2) is 12.7 Å². The molecule has 1 nitrogen and oxygen atoms in total. The summed E-state index contributed by atoms with van der Waals surface area (Å²) in [6.07, 6.45) is -4.10. The number of nitrogens with one attached hydrogen (secondary N) is 1. The molecule has 6 heteroatoms. The molecule has 17 heavy (non-hydrogen) atoms.